The lowest BCUT2D eigenvalue weighted by Gasteiger charge is -2.36. The topological polar surface area (TPSA) is 23.6 Å². The van der Waals surface area contributed by atoms with E-state index in [2.05, 4.69) is 11.5 Å². The van der Waals surface area contributed by atoms with Gasteiger partial charge in [-0.05, 0) is 11.1 Å². The van der Waals surface area contributed by atoms with Gasteiger partial charge in [0, 0.05) is 32.7 Å². The maximum Gasteiger partial charge on any atom is 0.234 e. The van der Waals surface area contributed by atoms with Crippen molar-refractivity contribution in [1.29, 1.82) is 0 Å². The quantitative estimate of drug-likeness (QED) is 0.790. The largest absolute Gasteiger partial charge is 0.339 e. The number of amides is 1. The molecule has 0 radical (unpaired) electrons. The Balaban J connectivity index is 1.81. The van der Waals surface area contributed by atoms with Gasteiger partial charge in [-0.2, -0.15) is 0 Å². The van der Waals surface area contributed by atoms with Crippen molar-refractivity contribution in [2.75, 3.05) is 32.7 Å². The fraction of sp³-hybridized carbons (Fsp3) is 0.286. The highest BCUT2D eigenvalue weighted by Gasteiger charge is 2.29. The summed E-state index contributed by atoms with van der Waals surface area (Å²) >= 11 is 0. The number of rotatable bonds is 5. The number of hydrogen-bond donors (Lipinski definition) is 0. The van der Waals surface area contributed by atoms with Crippen LogP contribution in [0, 0.1) is 0 Å². The predicted octanol–water partition coefficient (Wildman–Crippen LogP) is 3.15. The van der Waals surface area contributed by atoms with Gasteiger partial charge in [0.15, 0.2) is 0 Å². The van der Waals surface area contributed by atoms with Gasteiger partial charge in [0.25, 0.3) is 0 Å². The third kappa shape index (κ3) is 3.74. The van der Waals surface area contributed by atoms with Crippen LogP contribution in [0.2, 0.25) is 0 Å². The van der Waals surface area contributed by atoms with Gasteiger partial charge in [-0.15, -0.1) is 6.58 Å². The second kappa shape index (κ2) is 7.93. The predicted molar refractivity (Wildman–Crippen MR) is 97.9 cm³/mol. The second-order valence-corrected chi connectivity index (χ2v) is 6.17. The van der Waals surface area contributed by atoms with Crippen LogP contribution in [-0.2, 0) is 4.79 Å². The lowest BCUT2D eigenvalue weighted by Crippen LogP contribution is -2.50. The summed E-state index contributed by atoms with van der Waals surface area (Å²) in [6, 6.07) is 20.2. The van der Waals surface area contributed by atoms with Crippen molar-refractivity contribution in [2.45, 2.75) is 5.92 Å². The van der Waals surface area contributed by atoms with E-state index in [9.17, 15) is 4.79 Å². The Morgan fingerprint density at radius 2 is 1.42 bits per heavy atom. The van der Waals surface area contributed by atoms with Gasteiger partial charge in [-0.3, -0.25) is 9.69 Å². The molecule has 1 aliphatic heterocycles. The number of carbonyl (C=O) groups excluding carboxylic acids is 1. The normalized spacial score (nSPS) is 15.5. The highest BCUT2D eigenvalue weighted by molar-refractivity contribution is 5.87. The van der Waals surface area contributed by atoms with Gasteiger partial charge in [0.2, 0.25) is 5.91 Å². The summed E-state index contributed by atoms with van der Waals surface area (Å²) in [5.74, 6) is -0.0241. The van der Waals surface area contributed by atoms with Crippen molar-refractivity contribution in [1.82, 2.24) is 9.80 Å². The van der Waals surface area contributed by atoms with Crippen LogP contribution in [-0.4, -0.2) is 48.4 Å². The third-order valence-electron chi connectivity index (χ3n) is 4.58. The van der Waals surface area contributed by atoms with Crippen molar-refractivity contribution in [3.05, 3.63) is 84.4 Å². The Kier molecular flexibility index (Phi) is 5.44. The summed E-state index contributed by atoms with van der Waals surface area (Å²) < 4.78 is 0. The number of benzene rings is 2. The van der Waals surface area contributed by atoms with Crippen molar-refractivity contribution in [2.24, 2.45) is 0 Å². The molecule has 3 heteroatoms. The van der Waals surface area contributed by atoms with E-state index >= 15 is 0 Å². The Bertz CT molecular complexity index is 621. The first-order valence-electron chi connectivity index (χ1n) is 8.51. The summed E-state index contributed by atoms with van der Waals surface area (Å²) in [4.78, 5) is 17.6. The fourth-order valence-electron chi connectivity index (χ4n) is 3.28. The zero-order chi connectivity index (χ0) is 16.8. The molecule has 3 nitrogen and oxygen atoms in total. The molecule has 1 aliphatic rings. The van der Waals surface area contributed by atoms with Crippen LogP contribution < -0.4 is 0 Å². The van der Waals surface area contributed by atoms with E-state index in [1.54, 1.807) is 0 Å². The van der Waals surface area contributed by atoms with E-state index in [0.717, 1.165) is 43.9 Å². The first-order valence-corrected chi connectivity index (χ1v) is 8.51. The van der Waals surface area contributed by atoms with E-state index in [0.29, 0.717) is 0 Å². The molecule has 3 rings (SSSR count). The molecule has 2 aromatic carbocycles. The van der Waals surface area contributed by atoms with Crippen molar-refractivity contribution < 1.29 is 4.79 Å². The van der Waals surface area contributed by atoms with Gasteiger partial charge in [-0.1, -0.05) is 66.7 Å². The molecule has 124 valence electrons. The maximum atomic E-state index is 13.3. The minimum Gasteiger partial charge on any atom is -0.339 e. The molecule has 0 unspecified atom stereocenters. The van der Waals surface area contributed by atoms with Gasteiger partial charge in [-0.25, -0.2) is 0 Å². The highest BCUT2D eigenvalue weighted by Crippen LogP contribution is 2.27. The van der Waals surface area contributed by atoms with Crippen LogP contribution >= 0.6 is 0 Å². The number of carbonyl (C=O) groups is 1. The molecule has 0 spiro atoms. The minimum atomic E-state index is -0.224. The smallest absolute Gasteiger partial charge is 0.234 e. The van der Waals surface area contributed by atoms with Crippen molar-refractivity contribution in [3.63, 3.8) is 0 Å². The molecule has 1 heterocycles. The molecule has 0 saturated carbocycles. The summed E-state index contributed by atoms with van der Waals surface area (Å²) in [5, 5.41) is 0. The zero-order valence-electron chi connectivity index (χ0n) is 14.0. The molecule has 0 atom stereocenters. The molecule has 24 heavy (non-hydrogen) atoms. The minimum absolute atomic E-state index is 0.200. The van der Waals surface area contributed by atoms with E-state index < -0.39 is 0 Å². The van der Waals surface area contributed by atoms with Crippen LogP contribution in [0.5, 0.6) is 0 Å². The highest BCUT2D eigenvalue weighted by atomic mass is 16.2. The van der Waals surface area contributed by atoms with Crippen LogP contribution in [0.1, 0.15) is 17.0 Å². The lowest BCUT2D eigenvalue weighted by molar-refractivity contribution is -0.133. The molecule has 0 aliphatic carbocycles. The van der Waals surface area contributed by atoms with Crippen LogP contribution in [0.15, 0.2) is 73.3 Å². The lowest BCUT2D eigenvalue weighted by atomic mass is 9.90. The van der Waals surface area contributed by atoms with E-state index in [1.165, 1.54) is 0 Å². The fourth-order valence-corrected chi connectivity index (χ4v) is 3.28. The molecular weight excluding hydrogens is 296 g/mol. The van der Waals surface area contributed by atoms with Crippen LogP contribution in [0.4, 0.5) is 0 Å². The van der Waals surface area contributed by atoms with Gasteiger partial charge in [0.1, 0.15) is 0 Å². The van der Waals surface area contributed by atoms with Crippen LogP contribution in [0.25, 0.3) is 0 Å². The van der Waals surface area contributed by atoms with Crippen molar-refractivity contribution >= 4 is 5.91 Å². The molecule has 0 bridgehead atoms. The molecule has 0 aromatic heterocycles. The first-order chi connectivity index (χ1) is 11.8. The van der Waals surface area contributed by atoms with E-state index in [-0.39, 0.29) is 11.8 Å². The maximum absolute atomic E-state index is 13.3. The standard InChI is InChI=1S/C21H24N2O/c1-2-13-22-14-16-23(17-15-22)21(24)20(18-9-5-3-6-10-18)19-11-7-4-8-12-19/h2-12,20H,1,13-17H2. The van der Waals surface area contributed by atoms with Crippen LogP contribution in [0.3, 0.4) is 0 Å². The Hall–Kier alpha value is -2.39. The Morgan fingerprint density at radius 3 is 1.88 bits per heavy atom. The summed E-state index contributed by atoms with van der Waals surface area (Å²) in [6.45, 7) is 8.07. The van der Waals surface area contributed by atoms with Gasteiger partial charge >= 0.3 is 0 Å². The second-order valence-electron chi connectivity index (χ2n) is 6.17. The van der Waals surface area contributed by atoms with E-state index in [1.807, 2.05) is 71.6 Å². The molecule has 2 aromatic rings. The molecular formula is C21H24N2O. The summed E-state index contributed by atoms with van der Waals surface area (Å²) in [6.07, 6.45) is 1.92. The SMILES string of the molecule is C=CCN1CCN(C(=O)C(c2ccccc2)c2ccccc2)CC1. The Labute approximate surface area is 144 Å². The number of nitrogens with zero attached hydrogens (tertiary/aromatic N) is 2. The van der Waals surface area contributed by atoms with E-state index in [4.69, 9.17) is 0 Å². The summed E-state index contributed by atoms with van der Waals surface area (Å²) in [7, 11) is 0. The number of piperazine rings is 1. The summed E-state index contributed by atoms with van der Waals surface area (Å²) in [5.41, 5.74) is 2.12. The zero-order valence-corrected chi connectivity index (χ0v) is 14.0. The third-order valence-corrected chi connectivity index (χ3v) is 4.58. The van der Waals surface area contributed by atoms with Gasteiger partial charge < -0.3 is 4.90 Å². The van der Waals surface area contributed by atoms with Gasteiger partial charge in [0.05, 0.1) is 5.92 Å². The van der Waals surface area contributed by atoms with Crippen molar-refractivity contribution in [3.8, 4) is 0 Å². The first kappa shape index (κ1) is 16.5. The Morgan fingerprint density at radius 1 is 0.917 bits per heavy atom. The molecule has 1 saturated heterocycles. The molecule has 1 fully saturated rings. The monoisotopic (exact) mass is 320 g/mol. The average molecular weight is 320 g/mol. The number of hydrogen-bond acceptors (Lipinski definition) is 2. The molecule has 1 amide bonds. The molecule has 0 N–H and O–H groups in total. The average Bonchev–Trinajstić information content (AvgIpc) is 2.64.